The minimum absolute atomic E-state index is 0.548. The molecule has 0 spiro atoms. The second-order valence-electron chi connectivity index (χ2n) is 17.7. The van der Waals surface area contributed by atoms with E-state index in [0.29, 0.717) is 28.7 Å². The SMILES string of the molecule is [C-]#[N+]c1cccc(-c2ccc3c(c2)c2ccccc2n3-c2cc(-c3nc(-c4ccccc4)nc(-c4ccccc4)n3)ccc2-c2ccncc2-n2c3ccccc3c3cc(-c4cccc(C#N)c4)ccc32)c1. The second-order valence-corrected chi connectivity index (χ2v) is 17.7. The number of fused-ring (bicyclic) bond motifs is 6. The highest BCUT2D eigenvalue weighted by atomic mass is 15.0. The van der Waals surface area contributed by atoms with Crippen molar-refractivity contribution in [2.45, 2.75) is 0 Å². The third-order valence-electron chi connectivity index (χ3n) is 13.5. The number of hydrogen-bond donors (Lipinski definition) is 0. The number of pyridine rings is 1. The maximum Gasteiger partial charge on any atom is 0.187 e. The molecule has 4 heterocycles. The number of nitrogens with zero attached hydrogens (tertiary/aromatic N) is 8. The van der Waals surface area contributed by atoms with Crippen LogP contribution in [0, 0.1) is 17.9 Å². The molecule has 0 unspecified atom stereocenters. The van der Waals surface area contributed by atoms with Crippen LogP contribution in [0.5, 0.6) is 0 Å². The van der Waals surface area contributed by atoms with E-state index < -0.39 is 0 Å². The molecule has 0 N–H and O–H groups in total. The van der Waals surface area contributed by atoms with Gasteiger partial charge in [-0.2, -0.15) is 5.26 Å². The van der Waals surface area contributed by atoms with E-state index in [1.54, 1.807) is 0 Å². The molecular weight excluding hydrogens is 881 g/mol. The van der Waals surface area contributed by atoms with Gasteiger partial charge in [-0.3, -0.25) is 4.98 Å². The molecule has 9 aromatic carbocycles. The predicted octanol–water partition coefficient (Wildman–Crippen LogP) is 15.9. The Morgan fingerprint density at radius 1 is 0.389 bits per heavy atom. The largest absolute Gasteiger partial charge is 0.309 e. The normalized spacial score (nSPS) is 11.3. The molecule has 0 saturated carbocycles. The fourth-order valence-corrected chi connectivity index (χ4v) is 10.2. The molecule has 334 valence electrons. The van der Waals surface area contributed by atoms with Gasteiger partial charge < -0.3 is 9.13 Å². The Hall–Kier alpha value is -10.3. The van der Waals surface area contributed by atoms with Gasteiger partial charge in [0.15, 0.2) is 23.2 Å². The zero-order valence-electron chi connectivity index (χ0n) is 38.5. The van der Waals surface area contributed by atoms with Crippen molar-refractivity contribution in [3.05, 3.63) is 248 Å². The van der Waals surface area contributed by atoms with Crippen LogP contribution in [0.4, 0.5) is 5.69 Å². The van der Waals surface area contributed by atoms with Crippen LogP contribution in [0.15, 0.2) is 231 Å². The van der Waals surface area contributed by atoms with E-state index in [-0.39, 0.29) is 0 Å². The van der Waals surface area contributed by atoms with E-state index in [2.05, 4.69) is 141 Å². The van der Waals surface area contributed by atoms with E-state index in [0.717, 1.165) is 105 Å². The summed E-state index contributed by atoms with van der Waals surface area (Å²) < 4.78 is 4.68. The number of benzene rings is 9. The molecule has 0 amide bonds. The molecular formula is C64H38N8. The molecule has 0 fully saturated rings. The van der Waals surface area contributed by atoms with Crippen molar-refractivity contribution in [3.63, 3.8) is 0 Å². The molecule has 72 heavy (non-hydrogen) atoms. The summed E-state index contributed by atoms with van der Waals surface area (Å²) in [5, 5.41) is 14.1. The van der Waals surface area contributed by atoms with Crippen molar-refractivity contribution in [2.75, 3.05) is 0 Å². The summed E-state index contributed by atoms with van der Waals surface area (Å²) in [5.74, 6) is 1.72. The monoisotopic (exact) mass is 918 g/mol. The van der Waals surface area contributed by atoms with E-state index in [1.807, 2.05) is 109 Å². The van der Waals surface area contributed by atoms with E-state index in [1.165, 1.54) is 0 Å². The van der Waals surface area contributed by atoms with Crippen molar-refractivity contribution in [2.24, 2.45) is 0 Å². The summed E-state index contributed by atoms with van der Waals surface area (Å²) in [4.78, 5) is 23.9. The summed E-state index contributed by atoms with van der Waals surface area (Å²) in [7, 11) is 0. The standard InChI is InChI=1S/C64H38N8/c1-66-49-21-13-20-45(35-49)47-28-30-58-54(37-47)50-22-8-10-24-56(50)71(58)60-38-48(64-69-62(42-15-4-2-5-16-42)68-63(70-64)43-17-6-3-7-18-43)26-29-52(60)53-32-33-67-40-61(53)72-57-25-11-9-23-51(57)55-36-46(27-31-59(55)72)44-19-12-14-41(34-44)39-65/h2-38,40H. The zero-order valence-corrected chi connectivity index (χ0v) is 38.5. The molecule has 0 saturated heterocycles. The van der Waals surface area contributed by atoms with Crippen molar-refractivity contribution < 1.29 is 0 Å². The Morgan fingerprint density at radius 3 is 1.49 bits per heavy atom. The fraction of sp³-hybridized carbons (Fsp3) is 0. The van der Waals surface area contributed by atoms with Crippen LogP contribution in [0.3, 0.4) is 0 Å². The number of aromatic nitrogens is 6. The molecule has 13 rings (SSSR count). The first-order valence-corrected chi connectivity index (χ1v) is 23.6. The Morgan fingerprint density at radius 2 is 0.875 bits per heavy atom. The van der Waals surface area contributed by atoms with Crippen LogP contribution in [-0.4, -0.2) is 29.1 Å². The lowest BCUT2D eigenvalue weighted by Crippen LogP contribution is -2.04. The van der Waals surface area contributed by atoms with E-state index >= 15 is 0 Å². The first-order chi connectivity index (χ1) is 35.6. The lowest BCUT2D eigenvalue weighted by molar-refractivity contribution is 1.07. The van der Waals surface area contributed by atoms with E-state index in [9.17, 15) is 5.26 Å². The number of nitriles is 1. The van der Waals surface area contributed by atoms with Gasteiger partial charge in [-0.05, 0) is 89.0 Å². The molecule has 0 radical (unpaired) electrons. The topological polar surface area (TPSA) is 89.6 Å². The summed E-state index contributed by atoms with van der Waals surface area (Å²) in [6.07, 6.45) is 3.83. The molecule has 0 atom stereocenters. The van der Waals surface area contributed by atoms with Gasteiger partial charge in [-0.1, -0.05) is 152 Å². The van der Waals surface area contributed by atoms with Crippen molar-refractivity contribution >= 4 is 49.3 Å². The maximum atomic E-state index is 9.73. The molecule has 0 aliphatic carbocycles. The Balaban J connectivity index is 1.08. The van der Waals surface area contributed by atoms with Gasteiger partial charge in [-0.25, -0.2) is 19.8 Å². The minimum atomic E-state index is 0.548. The van der Waals surface area contributed by atoms with Gasteiger partial charge in [0.1, 0.15) is 0 Å². The number of rotatable bonds is 8. The molecule has 0 bridgehead atoms. The lowest BCUT2D eigenvalue weighted by atomic mass is 9.99. The maximum absolute atomic E-state index is 9.73. The fourth-order valence-electron chi connectivity index (χ4n) is 10.2. The van der Waals surface area contributed by atoms with Gasteiger partial charge in [0.2, 0.25) is 0 Å². The van der Waals surface area contributed by atoms with Crippen LogP contribution >= 0.6 is 0 Å². The second kappa shape index (κ2) is 17.4. The average Bonchev–Trinajstić information content (AvgIpc) is 3.97. The molecule has 8 nitrogen and oxygen atoms in total. The van der Waals surface area contributed by atoms with Gasteiger partial charge >= 0.3 is 0 Å². The summed E-state index contributed by atoms with van der Waals surface area (Å²) in [5.41, 5.74) is 15.8. The zero-order chi connectivity index (χ0) is 48.1. The van der Waals surface area contributed by atoms with Gasteiger partial charge in [0, 0.05) is 55.6 Å². The smallest absolute Gasteiger partial charge is 0.187 e. The van der Waals surface area contributed by atoms with Crippen molar-refractivity contribution in [3.8, 4) is 85.0 Å². The average molecular weight is 919 g/mol. The highest BCUT2D eigenvalue weighted by molar-refractivity contribution is 6.13. The van der Waals surface area contributed by atoms with Crippen LogP contribution in [0.1, 0.15) is 5.56 Å². The number of para-hydroxylation sites is 2. The molecule has 13 aromatic rings. The Bertz CT molecular complexity index is 4310. The number of hydrogen-bond acceptors (Lipinski definition) is 5. The summed E-state index contributed by atoms with van der Waals surface area (Å²) in [6, 6.07) is 76.8. The highest BCUT2D eigenvalue weighted by Gasteiger charge is 2.23. The summed E-state index contributed by atoms with van der Waals surface area (Å²) >= 11 is 0. The van der Waals surface area contributed by atoms with E-state index in [4.69, 9.17) is 26.5 Å². The lowest BCUT2D eigenvalue weighted by Gasteiger charge is -2.19. The summed E-state index contributed by atoms with van der Waals surface area (Å²) in [6.45, 7) is 7.71. The van der Waals surface area contributed by atoms with Crippen LogP contribution in [0.2, 0.25) is 0 Å². The molecule has 4 aromatic heterocycles. The van der Waals surface area contributed by atoms with Crippen LogP contribution < -0.4 is 0 Å². The van der Waals surface area contributed by atoms with Gasteiger partial charge in [0.05, 0.1) is 57.8 Å². The molecule has 0 aliphatic rings. The first kappa shape index (κ1) is 41.9. The Labute approximate surface area is 414 Å². The van der Waals surface area contributed by atoms with Crippen molar-refractivity contribution in [1.82, 2.24) is 29.1 Å². The third-order valence-corrected chi connectivity index (χ3v) is 13.5. The Kier molecular flexibility index (Phi) is 10.1. The van der Waals surface area contributed by atoms with Gasteiger partial charge in [-0.15, -0.1) is 0 Å². The molecule has 8 heteroatoms. The van der Waals surface area contributed by atoms with Gasteiger partial charge in [0.25, 0.3) is 0 Å². The predicted molar refractivity (Wildman–Crippen MR) is 290 cm³/mol. The third kappa shape index (κ3) is 7.15. The minimum Gasteiger partial charge on any atom is -0.309 e. The highest BCUT2D eigenvalue weighted by Crippen LogP contribution is 2.43. The molecule has 0 aliphatic heterocycles. The van der Waals surface area contributed by atoms with Crippen molar-refractivity contribution in [1.29, 1.82) is 5.26 Å². The quantitative estimate of drug-likeness (QED) is 0.142. The van der Waals surface area contributed by atoms with Crippen LogP contribution in [-0.2, 0) is 0 Å². The van der Waals surface area contributed by atoms with Crippen LogP contribution in [0.25, 0.3) is 127 Å². The first-order valence-electron chi connectivity index (χ1n) is 23.6.